The molecule has 0 spiro atoms. The predicted octanol–water partition coefficient (Wildman–Crippen LogP) is 2.15. The minimum atomic E-state index is -3.10. The van der Waals surface area contributed by atoms with Crippen molar-refractivity contribution in [1.82, 2.24) is 19.2 Å². The van der Waals surface area contributed by atoms with E-state index in [1.165, 1.54) is 11.8 Å². The van der Waals surface area contributed by atoms with Gasteiger partial charge in [0.25, 0.3) is 0 Å². The Labute approximate surface area is 157 Å². The van der Waals surface area contributed by atoms with Crippen LogP contribution < -0.4 is 5.32 Å². The number of anilines is 2. The molecule has 3 heterocycles. The van der Waals surface area contributed by atoms with Crippen molar-refractivity contribution < 1.29 is 8.42 Å². The molecule has 0 aliphatic carbocycles. The summed E-state index contributed by atoms with van der Waals surface area (Å²) in [6.45, 7) is 3.62. The third-order valence-electron chi connectivity index (χ3n) is 4.59. The highest BCUT2D eigenvalue weighted by Crippen LogP contribution is 2.42. The molecule has 1 aromatic carbocycles. The van der Waals surface area contributed by atoms with Crippen molar-refractivity contribution in [3.63, 3.8) is 0 Å². The number of rotatable bonds is 3. The van der Waals surface area contributed by atoms with Crippen LogP contribution in [-0.4, -0.2) is 60.0 Å². The van der Waals surface area contributed by atoms with Gasteiger partial charge >= 0.3 is 0 Å². The van der Waals surface area contributed by atoms with Gasteiger partial charge in [-0.1, -0.05) is 17.8 Å². The lowest BCUT2D eigenvalue weighted by molar-refractivity contribution is 0.279. The van der Waals surface area contributed by atoms with Gasteiger partial charge in [-0.05, 0) is 30.7 Å². The summed E-state index contributed by atoms with van der Waals surface area (Å²) in [5.74, 6) is 0.792. The Kier molecular flexibility index (Phi) is 4.87. The second-order valence-electron chi connectivity index (χ2n) is 6.56. The molecular formula is C17H21N5O2S2. The maximum atomic E-state index is 11.8. The van der Waals surface area contributed by atoms with Gasteiger partial charge in [-0.15, -0.1) is 0 Å². The maximum Gasteiger partial charge on any atom is 0.211 e. The van der Waals surface area contributed by atoms with Crippen LogP contribution in [0.1, 0.15) is 12.0 Å². The van der Waals surface area contributed by atoms with Crippen LogP contribution in [-0.2, 0) is 16.6 Å². The monoisotopic (exact) mass is 391 g/mol. The average molecular weight is 392 g/mol. The van der Waals surface area contributed by atoms with Crippen molar-refractivity contribution in [3.8, 4) is 0 Å². The Hall–Kier alpha value is -1.68. The molecule has 0 amide bonds. The summed E-state index contributed by atoms with van der Waals surface area (Å²) in [5, 5.41) is 4.25. The fourth-order valence-electron chi connectivity index (χ4n) is 3.27. The fourth-order valence-corrected chi connectivity index (χ4v) is 5.03. The molecule has 0 unspecified atom stereocenters. The average Bonchev–Trinajstić information content (AvgIpc) is 2.85. The molecule has 0 bridgehead atoms. The summed E-state index contributed by atoms with van der Waals surface area (Å²) < 4.78 is 25.1. The standard InChI is InChI=1S/C17H21N5O2S2/c1-26(23,24)22-8-2-7-21(9-10-22)12-13-3-4-15-14(11-13)20-16-17(25-15)19-6-5-18-16/h3-6,11H,2,7-10,12H2,1H3,(H,18,20). The van der Waals surface area contributed by atoms with Gasteiger partial charge in [0.15, 0.2) is 5.82 Å². The molecule has 0 saturated carbocycles. The van der Waals surface area contributed by atoms with Gasteiger partial charge in [-0.3, -0.25) is 4.90 Å². The molecule has 1 saturated heterocycles. The molecule has 0 radical (unpaired) electrons. The summed E-state index contributed by atoms with van der Waals surface area (Å²) in [7, 11) is -3.10. The molecule has 9 heteroatoms. The van der Waals surface area contributed by atoms with E-state index < -0.39 is 10.0 Å². The van der Waals surface area contributed by atoms with Crippen molar-refractivity contribution in [1.29, 1.82) is 0 Å². The van der Waals surface area contributed by atoms with E-state index >= 15 is 0 Å². The number of nitrogens with zero attached hydrogens (tertiary/aromatic N) is 4. The Balaban J connectivity index is 1.45. The third kappa shape index (κ3) is 3.85. The number of fused-ring (bicyclic) bond motifs is 2. The van der Waals surface area contributed by atoms with E-state index in [9.17, 15) is 8.42 Å². The highest BCUT2D eigenvalue weighted by atomic mass is 32.2. The van der Waals surface area contributed by atoms with Crippen LogP contribution in [0, 0.1) is 0 Å². The first-order valence-electron chi connectivity index (χ1n) is 8.55. The van der Waals surface area contributed by atoms with E-state index in [4.69, 9.17) is 0 Å². The molecule has 1 fully saturated rings. The highest BCUT2D eigenvalue weighted by Gasteiger charge is 2.22. The largest absolute Gasteiger partial charge is 0.337 e. The van der Waals surface area contributed by atoms with E-state index in [0.29, 0.717) is 13.1 Å². The SMILES string of the molecule is CS(=O)(=O)N1CCCN(Cc2ccc3c(c2)Nc2nccnc2S3)CC1. The van der Waals surface area contributed by atoms with E-state index in [0.717, 1.165) is 47.5 Å². The molecular weight excluding hydrogens is 370 g/mol. The first-order chi connectivity index (χ1) is 12.5. The Morgan fingerprint density at radius 2 is 2.00 bits per heavy atom. The minimum absolute atomic E-state index is 0.556. The van der Waals surface area contributed by atoms with Gasteiger partial charge in [0.05, 0.1) is 11.9 Å². The molecule has 7 nitrogen and oxygen atoms in total. The number of sulfonamides is 1. The van der Waals surface area contributed by atoms with Crippen LogP contribution in [0.3, 0.4) is 0 Å². The van der Waals surface area contributed by atoms with E-state index in [2.05, 4.69) is 38.4 Å². The molecule has 138 valence electrons. The smallest absolute Gasteiger partial charge is 0.211 e. The van der Waals surface area contributed by atoms with Crippen LogP contribution in [0.15, 0.2) is 40.5 Å². The van der Waals surface area contributed by atoms with Gasteiger partial charge in [-0.2, -0.15) is 0 Å². The highest BCUT2D eigenvalue weighted by molar-refractivity contribution is 7.99. The molecule has 0 atom stereocenters. The van der Waals surface area contributed by atoms with Gasteiger partial charge in [0.1, 0.15) is 5.03 Å². The molecule has 2 aliphatic rings. The first kappa shape index (κ1) is 17.7. The third-order valence-corrected chi connectivity index (χ3v) is 6.96. The van der Waals surface area contributed by atoms with Crippen LogP contribution in [0.5, 0.6) is 0 Å². The second kappa shape index (κ2) is 7.15. The van der Waals surface area contributed by atoms with Crippen molar-refractivity contribution in [2.75, 3.05) is 37.8 Å². The lowest BCUT2D eigenvalue weighted by atomic mass is 10.1. The quantitative estimate of drug-likeness (QED) is 0.733. The summed E-state index contributed by atoms with van der Waals surface area (Å²) in [6, 6.07) is 6.40. The van der Waals surface area contributed by atoms with Gasteiger partial charge in [0, 0.05) is 43.5 Å². The van der Waals surface area contributed by atoms with Crippen LogP contribution in [0.25, 0.3) is 0 Å². The summed E-state index contributed by atoms with van der Waals surface area (Å²) in [4.78, 5) is 12.1. The zero-order valence-corrected chi connectivity index (χ0v) is 16.2. The van der Waals surface area contributed by atoms with E-state index in [1.807, 2.05) is 0 Å². The van der Waals surface area contributed by atoms with Gasteiger partial charge in [-0.25, -0.2) is 22.7 Å². The number of hydrogen-bond acceptors (Lipinski definition) is 7. The molecule has 2 aliphatic heterocycles. The Morgan fingerprint density at radius 3 is 2.85 bits per heavy atom. The van der Waals surface area contributed by atoms with Crippen molar-refractivity contribution >= 4 is 33.3 Å². The van der Waals surface area contributed by atoms with Crippen molar-refractivity contribution in [2.24, 2.45) is 0 Å². The number of hydrogen-bond donors (Lipinski definition) is 1. The number of nitrogens with one attached hydrogen (secondary N) is 1. The lowest BCUT2D eigenvalue weighted by Gasteiger charge is -2.23. The molecule has 26 heavy (non-hydrogen) atoms. The normalized spacial score (nSPS) is 18.5. The molecule has 2 aromatic rings. The van der Waals surface area contributed by atoms with E-state index in [-0.39, 0.29) is 0 Å². The zero-order chi connectivity index (χ0) is 18.1. The van der Waals surface area contributed by atoms with Crippen molar-refractivity contribution in [3.05, 3.63) is 36.2 Å². The number of aromatic nitrogens is 2. The maximum absolute atomic E-state index is 11.8. The predicted molar refractivity (Wildman–Crippen MR) is 102 cm³/mol. The van der Waals surface area contributed by atoms with Gasteiger partial charge < -0.3 is 5.32 Å². The van der Waals surface area contributed by atoms with Crippen LogP contribution in [0.2, 0.25) is 0 Å². The number of benzene rings is 1. The molecule has 1 N–H and O–H groups in total. The summed E-state index contributed by atoms with van der Waals surface area (Å²) >= 11 is 1.62. The van der Waals surface area contributed by atoms with Gasteiger partial charge in [0.2, 0.25) is 10.0 Å². The second-order valence-corrected chi connectivity index (χ2v) is 9.57. The van der Waals surface area contributed by atoms with Crippen LogP contribution >= 0.6 is 11.8 Å². The van der Waals surface area contributed by atoms with Crippen molar-refractivity contribution in [2.45, 2.75) is 22.9 Å². The molecule has 1 aromatic heterocycles. The zero-order valence-electron chi connectivity index (χ0n) is 14.6. The Bertz CT molecular complexity index is 919. The molecule has 4 rings (SSSR count). The first-order valence-corrected chi connectivity index (χ1v) is 11.2. The van der Waals surface area contributed by atoms with Crippen LogP contribution in [0.4, 0.5) is 11.5 Å². The fraction of sp³-hybridized carbons (Fsp3) is 0.412. The summed E-state index contributed by atoms with van der Waals surface area (Å²) in [5.41, 5.74) is 2.25. The topological polar surface area (TPSA) is 78.4 Å². The summed E-state index contributed by atoms with van der Waals surface area (Å²) in [6.07, 6.45) is 5.53. The lowest BCUT2D eigenvalue weighted by Crippen LogP contribution is -2.34. The van der Waals surface area contributed by atoms with E-state index in [1.54, 1.807) is 28.5 Å². The Morgan fingerprint density at radius 1 is 1.15 bits per heavy atom. The minimum Gasteiger partial charge on any atom is -0.337 e.